The fraction of sp³-hybridized carbons (Fsp3) is 0.105. The molecular weight excluding hydrogens is 380 g/mol. The Morgan fingerprint density at radius 3 is 2.59 bits per heavy atom. The van der Waals surface area contributed by atoms with Crippen LogP contribution < -0.4 is 10.6 Å². The van der Waals surface area contributed by atoms with E-state index in [-0.39, 0.29) is 18.5 Å². The molecule has 1 saturated heterocycles. The summed E-state index contributed by atoms with van der Waals surface area (Å²) < 4.78 is 7.21. The number of carboxylic acid groups (broad SMARTS) is 1. The average Bonchev–Trinajstić information content (AvgIpc) is 3.26. The zero-order valence-corrected chi connectivity index (χ0v) is 14.8. The molecule has 0 bridgehead atoms. The summed E-state index contributed by atoms with van der Waals surface area (Å²) in [6.07, 6.45) is 2.63. The quantitative estimate of drug-likeness (QED) is 0.440. The largest absolute Gasteiger partial charge is 0.481 e. The number of benzene rings is 1. The molecule has 0 atom stereocenters. The zero-order chi connectivity index (χ0) is 20.5. The van der Waals surface area contributed by atoms with E-state index in [1.807, 2.05) is 28.8 Å². The van der Waals surface area contributed by atoms with Gasteiger partial charge in [-0.05, 0) is 18.2 Å². The van der Waals surface area contributed by atoms with Crippen molar-refractivity contribution in [1.29, 1.82) is 0 Å². The van der Waals surface area contributed by atoms with Crippen LogP contribution in [-0.2, 0) is 20.9 Å². The standard InChI is InChI=1S/C19H14N4O6/c24-15(25)5-6-23-9-11(7-12-17(26)20-19(28)21-18(12)27)16(22-23)14-8-10-3-1-2-4-13(10)29-14/h1-4,7-9H,5-6H2,(H,24,25)(H2,20,21,26,27,28). The average molecular weight is 394 g/mol. The van der Waals surface area contributed by atoms with Gasteiger partial charge in [-0.15, -0.1) is 0 Å². The number of nitrogens with one attached hydrogen (secondary N) is 2. The molecule has 3 aromatic rings. The van der Waals surface area contributed by atoms with Gasteiger partial charge in [-0.2, -0.15) is 5.10 Å². The van der Waals surface area contributed by atoms with Crippen LogP contribution in [-0.4, -0.2) is 38.7 Å². The molecule has 3 N–H and O–H groups in total. The van der Waals surface area contributed by atoms with Crippen LogP contribution in [0.3, 0.4) is 0 Å². The number of amides is 4. The van der Waals surface area contributed by atoms with E-state index in [1.165, 1.54) is 17.0 Å². The van der Waals surface area contributed by atoms with E-state index in [2.05, 4.69) is 5.10 Å². The molecular formula is C19H14N4O6. The van der Waals surface area contributed by atoms with Gasteiger partial charge in [0.15, 0.2) is 5.76 Å². The summed E-state index contributed by atoms with van der Waals surface area (Å²) in [4.78, 5) is 46.2. The first-order valence-electron chi connectivity index (χ1n) is 8.57. The first-order chi connectivity index (χ1) is 13.9. The fourth-order valence-electron chi connectivity index (χ4n) is 2.92. The summed E-state index contributed by atoms with van der Waals surface area (Å²) >= 11 is 0. The number of aromatic nitrogens is 2. The van der Waals surface area contributed by atoms with Gasteiger partial charge < -0.3 is 9.52 Å². The molecule has 0 unspecified atom stereocenters. The third-order valence-corrected chi connectivity index (χ3v) is 4.25. The van der Waals surface area contributed by atoms with Gasteiger partial charge in [0, 0.05) is 17.1 Å². The Kier molecular flexibility index (Phi) is 4.43. The van der Waals surface area contributed by atoms with Crippen molar-refractivity contribution in [3.63, 3.8) is 0 Å². The Labute approximate surface area is 162 Å². The highest BCUT2D eigenvalue weighted by molar-refractivity contribution is 6.31. The molecule has 0 spiro atoms. The number of imide groups is 2. The Bertz CT molecular complexity index is 1150. The monoisotopic (exact) mass is 394 g/mol. The maximum atomic E-state index is 12.0. The number of hydrogen-bond acceptors (Lipinski definition) is 6. The normalized spacial score (nSPS) is 14.1. The summed E-state index contributed by atoms with van der Waals surface area (Å²) in [5, 5.41) is 18.1. The molecule has 4 rings (SSSR count). The summed E-state index contributed by atoms with van der Waals surface area (Å²) in [6, 6.07) is 8.17. The van der Waals surface area contributed by atoms with E-state index in [0.29, 0.717) is 22.6 Å². The first-order valence-corrected chi connectivity index (χ1v) is 8.57. The van der Waals surface area contributed by atoms with Gasteiger partial charge in [-0.25, -0.2) is 4.79 Å². The number of carboxylic acids is 1. The molecule has 29 heavy (non-hydrogen) atoms. The van der Waals surface area contributed by atoms with Crippen molar-refractivity contribution < 1.29 is 28.7 Å². The Balaban J connectivity index is 1.80. The summed E-state index contributed by atoms with van der Waals surface area (Å²) in [5.74, 6) is -2.28. The molecule has 0 radical (unpaired) electrons. The lowest BCUT2D eigenvalue weighted by atomic mass is 10.1. The van der Waals surface area contributed by atoms with Gasteiger partial charge in [-0.3, -0.25) is 29.7 Å². The second-order valence-electron chi connectivity index (χ2n) is 6.28. The number of rotatable bonds is 5. The van der Waals surface area contributed by atoms with E-state index >= 15 is 0 Å². The van der Waals surface area contributed by atoms with Gasteiger partial charge in [0.1, 0.15) is 16.9 Å². The number of carbonyl (C=O) groups excluding carboxylic acids is 3. The van der Waals surface area contributed by atoms with Gasteiger partial charge in [0.05, 0.1) is 13.0 Å². The van der Waals surface area contributed by atoms with Crippen LogP contribution in [0.25, 0.3) is 28.5 Å². The lowest BCUT2D eigenvalue weighted by Gasteiger charge is -2.13. The van der Waals surface area contributed by atoms with Crippen molar-refractivity contribution in [2.75, 3.05) is 0 Å². The predicted octanol–water partition coefficient (Wildman–Crippen LogP) is 1.52. The molecule has 10 heteroatoms. The van der Waals surface area contributed by atoms with E-state index in [4.69, 9.17) is 9.52 Å². The van der Waals surface area contributed by atoms with Crippen molar-refractivity contribution in [2.45, 2.75) is 13.0 Å². The maximum Gasteiger partial charge on any atom is 0.328 e. The number of carbonyl (C=O) groups is 4. The summed E-state index contributed by atoms with van der Waals surface area (Å²) in [6.45, 7) is 0.0859. The van der Waals surface area contributed by atoms with Gasteiger partial charge >= 0.3 is 12.0 Å². The van der Waals surface area contributed by atoms with E-state index in [1.54, 1.807) is 12.1 Å². The number of furan rings is 1. The van der Waals surface area contributed by atoms with Crippen LogP contribution in [0.2, 0.25) is 0 Å². The molecule has 0 saturated carbocycles. The predicted molar refractivity (Wildman–Crippen MR) is 99.3 cm³/mol. The number of nitrogens with zero attached hydrogens (tertiary/aromatic N) is 2. The molecule has 146 valence electrons. The molecule has 2 aromatic heterocycles. The maximum absolute atomic E-state index is 12.0. The Morgan fingerprint density at radius 2 is 1.90 bits per heavy atom. The Morgan fingerprint density at radius 1 is 1.17 bits per heavy atom. The van der Waals surface area contributed by atoms with Gasteiger partial charge in [-0.1, -0.05) is 18.2 Å². The minimum atomic E-state index is -0.991. The van der Waals surface area contributed by atoms with Crippen LogP contribution in [0.4, 0.5) is 4.79 Å². The van der Waals surface area contributed by atoms with Crippen LogP contribution in [0.5, 0.6) is 0 Å². The number of barbiturate groups is 1. The van der Waals surface area contributed by atoms with Crippen LogP contribution in [0.1, 0.15) is 12.0 Å². The third-order valence-electron chi connectivity index (χ3n) is 4.25. The highest BCUT2D eigenvalue weighted by atomic mass is 16.4. The molecule has 3 heterocycles. The van der Waals surface area contributed by atoms with Crippen LogP contribution in [0.15, 0.2) is 46.5 Å². The molecule has 10 nitrogen and oxygen atoms in total. The fourth-order valence-corrected chi connectivity index (χ4v) is 2.92. The highest BCUT2D eigenvalue weighted by Crippen LogP contribution is 2.30. The van der Waals surface area contributed by atoms with Crippen LogP contribution in [0, 0.1) is 0 Å². The molecule has 1 aromatic carbocycles. The van der Waals surface area contributed by atoms with Crippen molar-refractivity contribution >= 4 is 40.9 Å². The molecule has 0 aliphatic carbocycles. The molecule has 1 aliphatic heterocycles. The topological polar surface area (TPSA) is 144 Å². The van der Waals surface area contributed by atoms with Crippen LogP contribution >= 0.6 is 0 Å². The second-order valence-corrected chi connectivity index (χ2v) is 6.28. The number of aryl methyl sites for hydroxylation is 1. The van der Waals surface area contributed by atoms with E-state index < -0.39 is 23.8 Å². The zero-order valence-electron chi connectivity index (χ0n) is 14.8. The number of para-hydroxylation sites is 1. The first kappa shape index (κ1) is 18.2. The SMILES string of the molecule is O=C(O)CCn1cc(C=C2C(=O)NC(=O)NC2=O)c(-c2cc3ccccc3o2)n1. The summed E-state index contributed by atoms with van der Waals surface area (Å²) in [7, 11) is 0. The van der Waals surface area contributed by atoms with Gasteiger partial charge in [0.25, 0.3) is 11.8 Å². The van der Waals surface area contributed by atoms with E-state index in [0.717, 1.165) is 5.39 Å². The molecule has 1 aliphatic rings. The third kappa shape index (κ3) is 3.63. The van der Waals surface area contributed by atoms with E-state index in [9.17, 15) is 19.2 Å². The smallest absolute Gasteiger partial charge is 0.328 e. The summed E-state index contributed by atoms with van der Waals surface area (Å²) in [5.41, 5.74) is 1.04. The van der Waals surface area contributed by atoms with Crippen molar-refractivity contribution in [2.24, 2.45) is 0 Å². The molecule has 1 fully saturated rings. The van der Waals surface area contributed by atoms with Crippen molar-refractivity contribution in [3.05, 3.63) is 47.7 Å². The minimum Gasteiger partial charge on any atom is -0.481 e. The van der Waals surface area contributed by atoms with Crippen molar-refractivity contribution in [3.8, 4) is 11.5 Å². The lowest BCUT2D eigenvalue weighted by Crippen LogP contribution is -2.51. The highest BCUT2D eigenvalue weighted by Gasteiger charge is 2.28. The number of hydrogen-bond donors (Lipinski definition) is 3. The number of fused-ring (bicyclic) bond motifs is 1. The van der Waals surface area contributed by atoms with Gasteiger partial charge in [0.2, 0.25) is 0 Å². The van der Waals surface area contributed by atoms with Crippen molar-refractivity contribution in [1.82, 2.24) is 20.4 Å². The number of aliphatic carboxylic acids is 1. The Hall–Kier alpha value is -4.21. The number of urea groups is 1. The second kappa shape index (κ2) is 7.08. The lowest BCUT2D eigenvalue weighted by molar-refractivity contribution is -0.137. The molecule has 4 amide bonds. The minimum absolute atomic E-state index is 0.0859.